The van der Waals surface area contributed by atoms with Crippen molar-refractivity contribution in [1.82, 2.24) is 0 Å². The number of rotatable bonds is 1. The van der Waals surface area contributed by atoms with Crippen molar-refractivity contribution in [3.63, 3.8) is 0 Å². The Balaban J connectivity index is 1.96. The molecular weight excluding hydrogens is 152 g/mol. The second kappa shape index (κ2) is 3.08. The molecule has 3 atom stereocenters. The first-order chi connectivity index (χ1) is 5.77. The maximum atomic E-state index is 11.2. The van der Waals surface area contributed by atoms with E-state index >= 15 is 0 Å². The minimum Gasteiger partial charge on any atom is -0.465 e. The molecule has 0 N–H and O–H groups in total. The van der Waals surface area contributed by atoms with Gasteiger partial charge in [-0.1, -0.05) is 13.3 Å². The largest absolute Gasteiger partial charge is 0.465 e. The molecule has 0 aromatic carbocycles. The highest BCUT2D eigenvalue weighted by atomic mass is 16.5. The van der Waals surface area contributed by atoms with Crippen LogP contribution in [0.15, 0.2) is 0 Å². The molecule has 0 spiro atoms. The van der Waals surface area contributed by atoms with Gasteiger partial charge in [-0.3, -0.25) is 4.79 Å². The molecule has 12 heavy (non-hydrogen) atoms. The molecule has 1 saturated carbocycles. The van der Waals surface area contributed by atoms with Crippen LogP contribution in [-0.2, 0) is 9.53 Å². The first kappa shape index (κ1) is 8.09. The Morgan fingerprint density at radius 1 is 1.33 bits per heavy atom. The fourth-order valence-electron chi connectivity index (χ4n) is 2.56. The molecule has 0 bridgehead atoms. The van der Waals surface area contributed by atoms with Gasteiger partial charge in [0, 0.05) is 0 Å². The molecule has 3 unspecified atom stereocenters. The summed E-state index contributed by atoms with van der Waals surface area (Å²) in [5.74, 6) is 1.77. The van der Waals surface area contributed by atoms with E-state index in [-0.39, 0.29) is 11.9 Å². The van der Waals surface area contributed by atoms with E-state index in [0.29, 0.717) is 12.5 Å². The topological polar surface area (TPSA) is 26.3 Å². The van der Waals surface area contributed by atoms with Gasteiger partial charge in [0.05, 0.1) is 12.5 Å². The van der Waals surface area contributed by atoms with Crippen molar-refractivity contribution in [2.24, 2.45) is 17.8 Å². The summed E-state index contributed by atoms with van der Waals surface area (Å²) in [6.07, 6.45) is 4.74. The van der Waals surface area contributed by atoms with Crippen molar-refractivity contribution >= 4 is 5.97 Å². The first-order valence-electron chi connectivity index (χ1n) is 4.94. The predicted octanol–water partition coefficient (Wildman–Crippen LogP) is 1.99. The van der Waals surface area contributed by atoms with Crippen LogP contribution >= 0.6 is 0 Å². The zero-order valence-corrected chi connectivity index (χ0v) is 7.58. The molecule has 0 aromatic rings. The van der Waals surface area contributed by atoms with Crippen LogP contribution < -0.4 is 0 Å². The summed E-state index contributed by atoms with van der Waals surface area (Å²) in [5.41, 5.74) is 0. The number of hydrogen-bond donors (Lipinski definition) is 0. The van der Waals surface area contributed by atoms with Crippen LogP contribution in [0.3, 0.4) is 0 Å². The lowest BCUT2D eigenvalue weighted by Gasteiger charge is -2.13. The van der Waals surface area contributed by atoms with Gasteiger partial charge >= 0.3 is 5.97 Å². The van der Waals surface area contributed by atoms with Gasteiger partial charge in [-0.2, -0.15) is 0 Å². The quantitative estimate of drug-likeness (QED) is 0.560. The normalized spacial score (nSPS) is 41.8. The average Bonchev–Trinajstić information content (AvgIpc) is 2.58. The van der Waals surface area contributed by atoms with Gasteiger partial charge in [0.15, 0.2) is 0 Å². The SMILES string of the molecule is CC1CCC(C2CCOC2=O)C1. The molecule has 1 aliphatic heterocycles. The number of carbonyl (C=O) groups is 1. The van der Waals surface area contributed by atoms with Crippen molar-refractivity contribution in [2.75, 3.05) is 6.61 Å². The third-order valence-corrected chi connectivity index (χ3v) is 3.28. The monoisotopic (exact) mass is 168 g/mol. The minimum atomic E-state index is 0.0640. The van der Waals surface area contributed by atoms with Crippen LogP contribution in [0, 0.1) is 17.8 Å². The predicted molar refractivity (Wildman–Crippen MR) is 45.6 cm³/mol. The van der Waals surface area contributed by atoms with Crippen molar-refractivity contribution in [1.29, 1.82) is 0 Å². The Kier molecular flexibility index (Phi) is 2.07. The average molecular weight is 168 g/mol. The van der Waals surface area contributed by atoms with Gasteiger partial charge in [-0.15, -0.1) is 0 Å². The maximum Gasteiger partial charge on any atom is 0.309 e. The summed E-state index contributed by atoms with van der Waals surface area (Å²) in [4.78, 5) is 11.2. The van der Waals surface area contributed by atoms with E-state index in [4.69, 9.17) is 4.74 Å². The smallest absolute Gasteiger partial charge is 0.309 e. The van der Waals surface area contributed by atoms with Crippen molar-refractivity contribution in [2.45, 2.75) is 32.6 Å². The molecule has 2 heteroatoms. The number of hydrogen-bond acceptors (Lipinski definition) is 2. The number of carbonyl (C=O) groups excluding carboxylic acids is 1. The first-order valence-corrected chi connectivity index (χ1v) is 4.94. The Morgan fingerprint density at radius 3 is 2.67 bits per heavy atom. The minimum absolute atomic E-state index is 0.0640. The molecule has 1 aliphatic carbocycles. The van der Waals surface area contributed by atoms with Gasteiger partial charge in [0.25, 0.3) is 0 Å². The third-order valence-electron chi connectivity index (χ3n) is 3.28. The van der Waals surface area contributed by atoms with Gasteiger partial charge in [0.2, 0.25) is 0 Å². The third kappa shape index (κ3) is 1.35. The number of cyclic esters (lactones) is 1. The zero-order valence-electron chi connectivity index (χ0n) is 7.58. The zero-order chi connectivity index (χ0) is 8.55. The Hall–Kier alpha value is -0.530. The molecule has 2 nitrogen and oxygen atoms in total. The molecule has 2 aliphatic rings. The lowest BCUT2D eigenvalue weighted by atomic mass is 9.89. The van der Waals surface area contributed by atoms with E-state index in [0.717, 1.165) is 12.3 Å². The van der Waals surface area contributed by atoms with Crippen LogP contribution in [0.1, 0.15) is 32.6 Å². The summed E-state index contributed by atoms with van der Waals surface area (Å²) in [6, 6.07) is 0. The molecule has 2 rings (SSSR count). The fraction of sp³-hybridized carbons (Fsp3) is 0.900. The lowest BCUT2D eigenvalue weighted by molar-refractivity contribution is -0.142. The van der Waals surface area contributed by atoms with Crippen molar-refractivity contribution in [3.8, 4) is 0 Å². The van der Waals surface area contributed by atoms with E-state index in [9.17, 15) is 4.79 Å². The van der Waals surface area contributed by atoms with Gasteiger partial charge in [-0.05, 0) is 31.1 Å². The highest BCUT2D eigenvalue weighted by Gasteiger charge is 2.37. The highest BCUT2D eigenvalue weighted by molar-refractivity contribution is 5.74. The van der Waals surface area contributed by atoms with Gasteiger partial charge < -0.3 is 4.74 Å². The van der Waals surface area contributed by atoms with E-state index in [1.807, 2.05) is 0 Å². The van der Waals surface area contributed by atoms with Crippen molar-refractivity contribution in [3.05, 3.63) is 0 Å². The summed E-state index contributed by atoms with van der Waals surface area (Å²) in [5, 5.41) is 0. The molecule has 1 saturated heterocycles. The van der Waals surface area contributed by atoms with Crippen LogP contribution in [0.5, 0.6) is 0 Å². The summed E-state index contributed by atoms with van der Waals surface area (Å²) in [6.45, 7) is 2.94. The molecule has 1 heterocycles. The maximum absolute atomic E-state index is 11.2. The molecule has 0 aromatic heterocycles. The standard InChI is InChI=1S/C10H16O2/c1-7-2-3-8(6-7)9-4-5-12-10(9)11/h7-9H,2-6H2,1H3. The van der Waals surface area contributed by atoms with Crippen molar-refractivity contribution < 1.29 is 9.53 Å². The molecule has 68 valence electrons. The Labute approximate surface area is 73.3 Å². The van der Waals surface area contributed by atoms with Gasteiger partial charge in [-0.25, -0.2) is 0 Å². The highest BCUT2D eigenvalue weighted by Crippen LogP contribution is 2.38. The number of esters is 1. The van der Waals surface area contributed by atoms with Crippen LogP contribution in [-0.4, -0.2) is 12.6 Å². The number of ether oxygens (including phenoxy) is 1. The van der Waals surface area contributed by atoms with E-state index < -0.39 is 0 Å². The second-order valence-electron chi connectivity index (χ2n) is 4.24. The molecule has 2 fully saturated rings. The van der Waals surface area contributed by atoms with Gasteiger partial charge in [0.1, 0.15) is 0 Å². The fourth-order valence-corrected chi connectivity index (χ4v) is 2.56. The Morgan fingerprint density at radius 2 is 2.17 bits per heavy atom. The molecular formula is C10H16O2. The summed E-state index contributed by atoms with van der Waals surface area (Å²) >= 11 is 0. The summed E-state index contributed by atoms with van der Waals surface area (Å²) < 4.78 is 4.97. The molecule has 0 radical (unpaired) electrons. The van der Waals surface area contributed by atoms with E-state index in [1.165, 1.54) is 19.3 Å². The Bertz CT molecular complexity index is 188. The van der Waals surface area contributed by atoms with Crippen LogP contribution in [0.25, 0.3) is 0 Å². The van der Waals surface area contributed by atoms with Crippen LogP contribution in [0.4, 0.5) is 0 Å². The van der Waals surface area contributed by atoms with E-state index in [1.54, 1.807) is 0 Å². The lowest BCUT2D eigenvalue weighted by Crippen LogP contribution is -2.16. The molecule has 0 amide bonds. The second-order valence-corrected chi connectivity index (χ2v) is 4.24. The summed E-state index contributed by atoms with van der Waals surface area (Å²) in [7, 11) is 0. The van der Waals surface area contributed by atoms with Crippen LogP contribution in [0.2, 0.25) is 0 Å². The van der Waals surface area contributed by atoms with E-state index in [2.05, 4.69) is 6.92 Å².